The van der Waals surface area contributed by atoms with Gasteiger partial charge in [0.15, 0.2) is 0 Å². The van der Waals surface area contributed by atoms with E-state index < -0.39 is 0 Å². The van der Waals surface area contributed by atoms with E-state index in [1.54, 1.807) is 7.11 Å². The maximum absolute atomic E-state index is 13.0. The van der Waals surface area contributed by atoms with Gasteiger partial charge in [0.05, 0.1) is 7.11 Å². The molecule has 7 heteroatoms. The van der Waals surface area contributed by atoms with Gasteiger partial charge in [-0.15, -0.1) is 0 Å². The van der Waals surface area contributed by atoms with Crippen LogP contribution in [0.5, 0.6) is 5.75 Å². The van der Waals surface area contributed by atoms with E-state index in [-0.39, 0.29) is 11.8 Å². The van der Waals surface area contributed by atoms with Crippen LogP contribution in [-0.4, -0.2) is 76.0 Å². The van der Waals surface area contributed by atoms with Gasteiger partial charge in [0.25, 0.3) is 11.8 Å². The number of carbonyl (C=O) groups excluding carboxylic acids is 2. The molecular weight excluding hydrogens is 488 g/mol. The summed E-state index contributed by atoms with van der Waals surface area (Å²) >= 11 is 0. The molecule has 0 aliphatic carbocycles. The topological polar surface area (TPSA) is 73.9 Å². The van der Waals surface area contributed by atoms with E-state index in [2.05, 4.69) is 27.5 Å². The summed E-state index contributed by atoms with van der Waals surface area (Å²) in [5.74, 6) is 1.04. The Morgan fingerprint density at radius 1 is 1.00 bits per heavy atom. The Balaban J connectivity index is 1.41. The van der Waals surface area contributed by atoms with Crippen molar-refractivity contribution in [2.75, 3.05) is 59.7 Å². The molecule has 7 nitrogen and oxygen atoms in total. The SMILES string of the molecule is COc1ccc(NC(=O)c2ccc(-c3ccc(C(=O)NCCCN(C)C)cc3C)cc2)cc1C1CCN(C)C1. The quantitative estimate of drug-likeness (QED) is 0.362. The lowest BCUT2D eigenvalue weighted by Crippen LogP contribution is -2.27. The first-order chi connectivity index (χ1) is 18.7. The third-order valence-electron chi connectivity index (χ3n) is 7.33. The fourth-order valence-electron chi connectivity index (χ4n) is 5.15. The highest BCUT2D eigenvalue weighted by Crippen LogP contribution is 2.35. The van der Waals surface area contributed by atoms with E-state index in [9.17, 15) is 9.59 Å². The number of ether oxygens (including phenoxy) is 1. The number of carbonyl (C=O) groups is 2. The number of nitrogens with one attached hydrogen (secondary N) is 2. The van der Waals surface area contributed by atoms with Crippen LogP contribution in [0.1, 0.15) is 50.6 Å². The molecule has 1 fully saturated rings. The minimum absolute atomic E-state index is 0.0583. The summed E-state index contributed by atoms with van der Waals surface area (Å²) < 4.78 is 5.60. The lowest BCUT2D eigenvalue weighted by molar-refractivity contribution is 0.0951. The molecule has 4 rings (SSSR count). The molecule has 2 N–H and O–H groups in total. The lowest BCUT2D eigenvalue weighted by Gasteiger charge is -2.17. The van der Waals surface area contributed by atoms with E-state index in [1.165, 1.54) is 0 Å². The minimum Gasteiger partial charge on any atom is -0.496 e. The molecule has 1 heterocycles. The van der Waals surface area contributed by atoms with Crippen LogP contribution in [0.2, 0.25) is 0 Å². The van der Waals surface area contributed by atoms with E-state index in [0.717, 1.165) is 66.2 Å². The molecule has 3 aromatic rings. The average Bonchev–Trinajstić information content (AvgIpc) is 3.37. The summed E-state index contributed by atoms with van der Waals surface area (Å²) in [7, 11) is 7.86. The van der Waals surface area contributed by atoms with E-state index >= 15 is 0 Å². The average molecular weight is 529 g/mol. The number of nitrogens with zero attached hydrogens (tertiary/aromatic N) is 2. The highest BCUT2D eigenvalue weighted by Gasteiger charge is 2.24. The summed E-state index contributed by atoms with van der Waals surface area (Å²) in [4.78, 5) is 30.0. The van der Waals surface area contributed by atoms with Gasteiger partial charge in [-0.05, 0) is 113 Å². The van der Waals surface area contributed by atoms with Crippen LogP contribution in [0, 0.1) is 6.92 Å². The Kier molecular flexibility index (Phi) is 9.38. The van der Waals surface area contributed by atoms with Gasteiger partial charge < -0.3 is 25.2 Å². The molecule has 1 aliphatic heterocycles. The van der Waals surface area contributed by atoms with Gasteiger partial charge in [-0.1, -0.05) is 18.2 Å². The van der Waals surface area contributed by atoms with Gasteiger partial charge in [-0.3, -0.25) is 9.59 Å². The predicted octanol–water partition coefficient (Wildman–Crippen LogP) is 5.02. The first-order valence-electron chi connectivity index (χ1n) is 13.6. The molecule has 1 atom stereocenters. The molecule has 206 valence electrons. The van der Waals surface area contributed by atoms with E-state index in [4.69, 9.17) is 4.74 Å². The van der Waals surface area contributed by atoms with E-state index in [0.29, 0.717) is 23.6 Å². The number of amides is 2. The summed E-state index contributed by atoms with van der Waals surface area (Å²) in [6.45, 7) is 5.63. The Morgan fingerprint density at radius 2 is 1.74 bits per heavy atom. The molecule has 1 aliphatic rings. The highest BCUT2D eigenvalue weighted by molar-refractivity contribution is 6.04. The maximum Gasteiger partial charge on any atom is 0.255 e. The monoisotopic (exact) mass is 528 g/mol. The van der Waals surface area contributed by atoms with Crippen LogP contribution < -0.4 is 15.4 Å². The summed E-state index contributed by atoms with van der Waals surface area (Å²) in [5.41, 5.74) is 6.18. The Labute approximate surface area is 232 Å². The molecule has 0 bridgehead atoms. The number of likely N-dealkylation sites (N-methyl/N-ethyl adjacent to an activating group) is 1. The van der Waals surface area contributed by atoms with Gasteiger partial charge in [0.2, 0.25) is 0 Å². The van der Waals surface area contributed by atoms with Crippen LogP contribution >= 0.6 is 0 Å². The highest BCUT2D eigenvalue weighted by atomic mass is 16.5. The van der Waals surface area contributed by atoms with Crippen molar-refractivity contribution < 1.29 is 14.3 Å². The minimum atomic E-state index is -0.154. The summed E-state index contributed by atoms with van der Waals surface area (Å²) in [6.07, 6.45) is 1.99. The molecule has 3 aromatic carbocycles. The molecule has 1 saturated heterocycles. The number of hydrogen-bond donors (Lipinski definition) is 2. The van der Waals surface area contributed by atoms with Crippen molar-refractivity contribution in [2.45, 2.75) is 25.7 Å². The zero-order valence-electron chi connectivity index (χ0n) is 23.7. The molecule has 1 unspecified atom stereocenters. The van der Waals surface area contributed by atoms with Crippen molar-refractivity contribution >= 4 is 17.5 Å². The van der Waals surface area contributed by atoms with Crippen LogP contribution in [0.15, 0.2) is 60.7 Å². The number of aryl methyl sites for hydroxylation is 1. The number of likely N-dealkylation sites (tertiary alicyclic amines) is 1. The Hall–Kier alpha value is -3.68. The number of anilines is 1. The summed E-state index contributed by atoms with van der Waals surface area (Å²) in [6, 6.07) is 19.2. The van der Waals surface area contributed by atoms with Crippen molar-refractivity contribution in [1.82, 2.24) is 15.1 Å². The predicted molar refractivity (Wildman–Crippen MR) is 158 cm³/mol. The fourth-order valence-corrected chi connectivity index (χ4v) is 5.15. The molecule has 0 saturated carbocycles. The molecule has 39 heavy (non-hydrogen) atoms. The van der Waals surface area contributed by atoms with Crippen molar-refractivity contribution in [3.63, 3.8) is 0 Å². The molecule has 0 radical (unpaired) electrons. The standard InChI is InChI=1S/C32H40N4O3/c1-22-19-25(31(37)33-16-6-17-35(2)3)11-13-28(22)23-7-9-24(10-8-23)32(38)34-27-12-14-30(39-5)29(20-27)26-15-18-36(4)21-26/h7-14,19-20,26H,6,15-18,21H2,1-5H3,(H,33,37)(H,34,38). The second kappa shape index (κ2) is 12.9. The van der Waals surface area contributed by atoms with Crippen LogP contribution in [0.3, 0.4) is 0 Å². The maximum atomic E-state index is 13.0. The molecule has 0 spiro atoms. The second-order valence-corrected chi connectivity index (χ2v) is 10.7. The van der Waals surface area contributed by atoms with Crippen LogP contribution in [-0.2, 0) is 0 Å². The Bertz CT molecular complexity index is 1300. The van der Waals surface area contributed by atoms with Crippen molar-refractivity contribution in [3.8, 4) is 16.9 Å². The third kappa shape index (κ3) is 7.25. The van der Waals surface area contributed by atoms with Gasteiger partial charge in [-0.25, -0.2) is 0 Å². The zero-order chi connectivity index (χ0) is 27.9. The molecule has 2 amide bonds. The smallest absolute Gasteiger partial charge is 0.255 e. The molecule has 0 aromatic heterocycles. The Morgan fingerprint density at radius 3 is 2.38 bits per heavy atom. The largest absolute Gasteiger partial charge is 0.496 e. The number of benzene rings is 3. The van der Waals surface area contributed by atoms with Gasteiger partial charge >= 0.3 is 0 Å². The van der Waals surface area contributed by atoms with Crippen molar-refractivity contribution in [2.24, 2.45) is 0 Å². The van der Waals surface area contributed by atoms with Gasteiger partial charge in [-0.2, -0.15) is 0 Å². The van der Waals surface area contributed by atoms with Crippen molar-refractivity contribution in [1.29, 1.82) is 0 Å². The van der Waals surface area contributed by atoms with E-state index in [1.807, 2.05) is 81.7 Å². The number of rotatable bonds is 10. The second-order valence-electron chi connectivity index (χ2n) is 10.7. The molecular formula is C32H40N4O3. The van der Waals surface area contributed by atoms with Gasteiger partial charge in [0.1, 0.15) is 5.75 Å². The number of hydrogen-bond acceptors (Lipinski definition) is 5. The van der Waals surface area contributed by atoms with Crippen molar-refractivity contribution in [3.05, 3.63) is 82.9 Å². The van der Waals surface area contributed by atoms with Crippen LogP contribution in [0.4, 0.5) is 5.69 Å². The van der Waals surface area contributed by atoms with Gasteiger partial charge in [0, 0.05) is 41.4 Å². The van der Waals surface area contributed by atoms with Crippen LogP contribution in [0.25, 0.3) is 11.1 Å². The summed E-state index contributed by atoms with van der Waals surface area (Å²) in [5, 5.41) is 6.04. The first kappa shape index (κ1) is 28.3. The first-order valence-corrected chi connectivity index (χ1v) is 13.6. The third-order valence-corrected chi connectivity index (χ3v) is 7.33. The lowest BCUT2D eigenvalue weighted by atomic mass is 9.96. The number of methoxy groups -OCH3 is 1. The fraction of sp³-hybridized carbons (Fsp3) is 0.375. The zero-order valence-corrected chi connectivity index (χ0v) is 23.7. The normalized spacial score (nSPS) is 15.4.